The molecule has 0 atom stereocenters. The molecule has 0 fully saturated rings. The van der Waals surface area contributed by atoms with Gasteiger partial charge in [-0.05, 0) is 13.8 Å². The van der Waals surface area contributed by atoms with E-state index in [1.807, 2.05) is 30.3 Å². The van der Waals surface area contributed by atoms with Crippen molar-refractivity contribution >= 4 is 18.4 Å². The summed E-state index contributed by atoms with van der Waals surface area (Å²) in [6.07, 6.45) is 0. The third kappa shape index (κ3) is 2.31. The van der Waals surface area contributed by atoms with Crippen LogP contribution < -0.4 is 0 Å². The number of rotatable bonds is 2. The van der Waals surface area contributed by atoms with E-state index in [1.165, 1.54) is 6.92 Å². The third-order valence-corrected chi connectivity index (χ3v) is 2.74. The second kappa shape index (κ2) is 4.59. The van der Waals surface area contributed by atoms with E-state index in [0.29, 0.717) is 22.1 Å². The van der Waals surface area contributed by atoms with Gasteiger partial charge in [0.2, 0.25) is 0 Å². The number of carbonyl (C=O) groups is 1. The van der Waals surface area contributed by atoms with Gasteiger partial charge in [-0.2, -0.15) is 0 Å². The summed E-state index contributed by atoms with van der Waals surface area (Å²) >= 11 is 5.13. The molecule has 17 heavy (non-hydrogen) atoms. The van der Waals surface area contributed by atoms with E-state index in [-0.39, 0.29) is 5.78 Å². The number of aromatic nitrogens is 2. The number of nitrogens with zero attached hydrogens (tertiary/aromatic N) is 2. The molecule has 0 amide bonds. The monoisotopic (exact) mass is 243 g/mol. The van der Waals surface area contributed by atoms with Crippen LogP contribution in [0.3, 0.4) is 0 Å². The number of aryl methyl sites for hydroxylation is 1. The van der Waals surface area contributed by atoms with Crippen molar-refractivity contribution in [1.82, 2.24) is 9.97 Å². The Morgan fingerprint density at radius 1 is 1.18 bits per heavy atom. The topological polar surface area (TPSA) is 42.9 Å². The fourth-order valence-electron chi connectivity index (χ4n) is 1.67. The van der Waals surface area contributed by atoms with Gasteiger partial charge in [0.1, 0.15) is 0 Å². The van der Waals surface area contributed by atoms with Crippen LogP contribution in [0.15, 0.2) is 35.4 Å². The van der Waals surface area contributed by atoms with Crippen molar-refractivity contribution in [2.75, 3.05) is 0 Å². The van der Waals surface area contributed by atoms with E-state index < -0.39 is 0 Å². The molecule has 0 aliphatic carbocycles. The lowest BCUT2D eigenvalue weighted by molar-refractivity contribution is 0.101. The lowest BCUT2D eigenvalue weighted by atomic mass is 10.1. The van der Waals surface area contributed by atoms with E-state index >= 15 is 0 Å². The van der Waals surface area contributed by atoms with Gasteiger partial charge in [-0.3, -0.25) is 9.78 Å². The van der Waals surface area contributed by atoms with Crippen molar-refractivity contribution in [3.8, 4) is 11.4 Å². The van der Waals surface area contributed by atoms with Crippen molar-refractivity contribution in [2.45, 2.75) is 18.9 Å². The summed E-state index contributed by atoms with van der Waals surface area (Å²) in [5, 5.41) is 0.323. The normalized spacial score (nSPS) is 10.2. The molecule has 0 N–H and O–H groups in total. The number of ketones is 1. The molecule has 0 saturated heterocycles. The predicted octanol–water partition coefficient (Wildman–Crippen LogP) is 2.56. The average Bonchev–Trinajstić information content (AvgIpc) is 2.28. The minimum atomic E-state index is -0.0906. The first-order valence-corrected chi connectivity index (χ1v) is 5.62. The zero-order valence-corrected chi connectivity index (χ0v) is 10.4. The van der Waals surface area contributed by atoms with E-state index in [9.17, 15) is 4.79 Å². The van der Waals surface area contributed by atoms with Crippen molar-refractivity contribution in [3.63, 3.8) is 0 Å². The molecule has 3 nitrogen and oxygen atoms in total. The van der Waals surface area contributed by atoms with Gasteiger partial charge in [-0.15, -0.1) is 0 Å². The Hall–Kier alpha value is -1.81. The molecule has 0 aliphatic heterocycles. The molecule has 86 valence electrons. The lowest BCUT2D eigenvalue weighted by Gasteiger charge is -2.14. The van der Waals surface area contributed by atoms with Crippen LogP contribution in [0.1, 0.15) is 23.0 Å². The maximum Gasteiger partial charge on any atom is 0.161 e. The van der Waals surface area contributed by atoms with Crippen LogP contribution in [-0.2, 0) is 12.6 Å². The molecular weight excluding hydrogens is 232 g/mol. The van der Waals surface area contributed by atoms with Crippen molar-refractivity contribution < 1.29 is 4.79 Å². The highest BCUT2D eigenvalue weighted by molar-refractivity contribution is 7.58. The van der Waals surface area contributed by atoms with Gasteiger partial charge in [0.05, 0.1) is 5.69 Å². The molecule has 1 aromatic heterocycles. The van der Waals surface area contributed by atoms with Gasteiger partial charge in [-0.25, -0.2) is 4.98 Å². The van der Waals surface area contributed by atoms with E-state index in [1.54, 1.807) is 6.92 Å². The first kappa shape index (κ1) is 11.7. The first-order valence-electron chi connectivity index (χ1n) is 5.21. The summed E-state index contributed by atoms with van der Waals surface area (Å²) in [7, 11) is 0. The van der Waals surface area contributed by atoms with Crippen LogP contribution in [0.25, 0.3) is 11.4 Å². The number of Topliss-reactive ketones (excluding diaryl/α,β-unsaturated/α-hetero) is 1. The molecule has 0 spiro atoms. The molecule has 2 rings (SSSR count). The summed E-state index contributed by atoms with van der Waals surface area (Å²) in [6.45, 7) is 3.25. The summed E-state index contributed by atoms with van der Waals surface area (Å²) in [6, 6.07) is 9.58. The summed E-state index contributed by atoms with van der Waals surface area (Å²) in [4.78, 5) is 19.9. The second-order valence-corrected chi connectivity index (χ2v) is 4.12. The number of carbonyl (C=O) groups excluding carboxylic acids is 1. The van der Waals surface area contributed by atoms with Gasteiger partial charge in [0.15, 0.2) is 11.6 Å². The van der Waals surface area contributed by atoms with Crippen LogP contribution in [0, 0.1) is 6.92 Å². The highest BCUT2D eigenvalue weighted by Gasteiger charge is 2.09. The molecule has 2 aromatic rings. The Bertz CT molecular complexity index is 544. The van der Waals surface area contributed by atoms with Crippen LogP contribution in [0.2, 0.25) is 0 Å². The molecule has 1 aromatic carbocycles. The highest BCUT2D eigenvalue weighted by atomic mass is 32.1. The van der Waals surface area contributed by atoms with Crippen molar-refractivity contribution in [3.05, 3.63) is 41.6 Å². The lowest BCUT2D eigenvalue weighted by Crippen LogP contribution is -2.06. The van der Waals surface area contributed by atoms with Gasteiger partial charge in [-0.1, -0.05) is 35.4 Å². The molecule has 4 heteroatoms. The van der Waals surface area contributed by atoms with E-state index in [0.717, 1.165) is 5.56 Å². The van der Waals surface area contributed by atoms with Crippen molar-refractivity contribution in [1.29, 1.82) is 0 Å². The second-order valence-electron chi connectivity index (χ2n) is 3.73. The summed E-state index contributed by atoms with van der Waals surface area (Å²) < 4.78 is 0. The van der Waals surface area contributed by atoms with Crippen LogP contribution in [0.5, 0.6) is 0 Å². The Kier molecular flexibility index (Phi) is 3.15. The van der Waals surface area contributed by atoms with Crippen LogP contribution >= 0.6 is 0 Å². The maximum atomic E-state index is 11.4. The van der Waals surface area contributed by atoms with Gasteiger partial charge in [0.25, 0.3) is 0 Å². The summed E-state index contributed by atoms with van der Waals surface area (Å²) in [5.74, 6) is 0.477. The SMILES string of the molecule is CC(=O)c1c(C)nc(-c2ccccc2)nc1[S-]. The zero-order valence-electron chi connectivity index (χ0n) is 9.60. The first-order chi connectivity index (χ1) is 8.09. The third-order valence-electron chi connectivity index (χ3n) is 2.44. The zero-order chi connectivity index (χ0) is 12.4. The van der Waals surface area contributed by atoms with E-state index in [4.69, 9.17) is 12.6 Å². The van der Waals surface area contributed by atoms with Crippen LogP contribution in [0.4, 0.5) is 0 Å². The quantitative estimate of drug-likeness (QED) is 0.462. The van der Waals surface area contributed by atoms with Crippen molar-refractivity contribution in [2.24, 2.45) is 0 Å². The maximum absolute atomic E-state index is 11.4. The molecule has 0 radical (unpaired) electrons. The Morgan fingerprint density at radius 2 is 1.82 bits per heavy atom. The molecule has 1 heterocycles. The van der Waals surface area contributed by atoms with Gasteiger partial charge in [0, 0.05) is 11.1 Å². The number of hydrogen-bond donors (Lipinski definition) is 0. The molecular formula is C13H11N2OS-. The molecule has 0 aliphatic rings. The van der Waals surface area contributed by atoms with Gasteiger partial charge >= 0.3 is 0 Å². The minimum absolute atomic E-state index is 0.0906. The fraction of sp³-hybridized carbons (Fsp3) is 0.154. The molecule has 0 saturated carbocycles. The van der Waals surface area contributed by atoms with Crippen LogP contribution in [-0.4, -0.2) is 15.8 Å². The predicted molar refractivity (Wildman–Crippen MR) is 67.8 cm³/mol. The standard InChI is InChI=1S/C13H12N2OS/c1-8-11(9(2)16)13(17)15-12(14-8)10-6-4-3-5-7-10/h3-7H,1-2H3,(H,14,15,17)/p-1. The molecule has 0 bridgehead atoms. The summed E-state index contributed by atoms with van der Waals surface area (Å²) in [5.41, 5.74) is 1.98. The largest absolute Gasteiger partial charge is 0.759 e. The number of benzene rings is 1. The number of hydrogen-bond acceptors (Lipinski definition) is 4. The highest BCUT2D eigenvalue weighted by Crippen LogP contribution is 2.18. The molecule has 0 unspecified atom stereocenters. The smallest absolute Gasteiger partial charge is 0.161 e. The minimum Gasteiger partial charge on any atom is -0.759 e. The Morgan fingerprint density at radius 3 is 2.35 bits per heavy atom. The fourth-order valence-corrected chi connectivity index (χ4v) is 2.05. The van der Waals surface area contributed by atoms with Gasteiger partial charge < -0.3 is 12.6 Å². The Labute approximate surface area is 105 Å². The average molecular weight is 243 g/mol. The van der Waals surface area contributed by atoms with E-state index in [2.05, 4.69) is 9.97 Å². The Balaban J connectivity index is 2.57.